The number of aliphatic carboxylic acids is 1. The fraction of sp³-hybridized carbons (Fsp3) is 0.739. The van der Waals surface area contributed by atoms with Crippen molar-refractivity contribution in [3.63, 3.8) is 0 Å². The number of carbonyl (C=O) groups is 1. The predicted molar refractivity (Wildman–Crippen MR) is 108 cm³/mol. The summed E-state index contributed by atoms with van der Waals surface area (Å²) in [4.78, 5) is 10.4. The number of rotatable bonds is 18. The largest absolute Gasteiger partial charge is 0.481 e. The molecule has 1 aromatic heterocycles. The van der Waals surface area contributed by atoms with E-state index >= 15 is 0 Å². The lowest BCUT2D eigenvalue weighted by Crippen LogP contribution is -2.32. The number of hydrogen-bond donors (Lipinski definition) is 1. The van der Waals surface area contributed by atoms with Crippen LogP contribution in [0.5, 0.6) is 0 Å². The van der Waals surface area contributed by atoms with Crippen LogP contribution in [0.1, 0.15) is 103 Å². The highest BCUT2D eigenvalue weighted by Gasteiger charge is 1.99. The molecule has 1 N–H and O–H groups in total. The summed E-state index contributed by atoms with van der Waals surface area (Å²) < 4.78 is 2.27. The second-order valence-electron chi connectivity index (χ2n) is 7.56. The molecular weight excluding hydrogens is 322 g/mol. The molecule has 148 valence electrons. The number of pyridine rings is 1. The molecule has 0 amide bonds. The number of nitrogens with zero attached hydrogens (tertiary/aromatic N) is 1. The highest BCUT2D eigenvalue weighted by molar-refractivity contribution is 5.66. The van der Waals surface area contributed by atoms with Crippen LogP contribution in [0.2, 0.25) is 0 Å². The summed E-state index contributed by atoms with van der Waals surface area (Å²) in [6.45, 7) is 1.15. The molecule has 0 aliphatic carbocycles. The van der Waals surface area contributed by atoms with Gasteiger partial charge in [-0.15, -0.1) is 0 Å². The van der Waals surface area contributed by atoms with E-state index in [2.05, 4.69) is 35.2 Å². The number of aromatic nitrogens is 1. The number of aryl methyl sites for hydroxylation is 1. The van der Waals surface area contributed by atoms with Gasteiger partial charge in [-0.05, 0) is 12.8 Å². The average Bonchev–Trinajstić information content (AvgIpc) is 2.65. The third kappa shape index (κ3) is 14.9. The second-order valence-corrected chi connectivity index (χ2v) is 7.56. The monoisotopic (exact) mass is 362 g/mol. The first-order chi connectivity index (χ1) is 12.8. The zero-order chi connectivity index (χ0) is 18.7. The molecule has 0 fully saturated rings. The van der Waals surface area contributed by atoms with Crippen molar-refractivity contribution in [2.75, 3.05) is 0 Å². The summed E-state index contributed by atoms with van der Waals surface area (Å²) in [5.74, 6) is -0.656. The maximum atomic E-state index is 10.4. The minimum absolute atomic E-state index is 0.339. The zero-order valence-electron chi connectivity index (χ0n) is 16.7. The van der Waals surface area contributed by atoms with Crippen LogP contribution in [0.15, 0.2) is 30.6 Å². The van der Waals surface area contributed by atoms with Gasteiger partial charge in [-0.3, -0.25) is 4.79 Å². The van der Waals surface area contributed by atoms with Crippen molar-refractivity contribution in [1.82, 2.24) is 0 Å². The summed E-state index contributed by atoms with van der Waals surface area (Å²) in [7, 11) is 0. The molecule has 3 heteroatoms. The lowest BCUT2D eigenvalue weighted by atomic mass is 10.0. The Morgan fingerprint density at radius 1 is 0.577 bits per heavy atom. The zero-order valence-corrected chi connectivity index (χ0v) is 16.7. The maximum Gasteiger partial charge on any atom is 0.303 e. The van der Waals surface area contributed by atoms with E-state index < -0.39 is 5.97 Å². The van der Waals surface area contributed by atoms with Crippen molar-refractivity contribution in [3.05, 3.63) is 30.6 Å². The lowest BCUT2D eigenvalue weighted by Gasteiger charge is -2.03. The van der Waals surface area contributed by atoms with Gasteiger partial charge in [0.15, 0.2) is 12.4 Å². The van der Waals surface area contributed by atoms with Crippen LogP contribution < -0.4 is 4.57 Å². The van der Waals surface area contributed by atoms with Crippen LogP contribution in [-0.4, -0.2) is 11.1 Å². The van der Waals surface area contributed by atoms with Gasteiger partial charge in [0.1, 0.15) is 6.54 Å². The van der Waals surface area contributed by atoms with Gasteiger partial charge in [0.05, 0.1) is 0 Å². The Balaban J connectivity index is 1.70. The summed E-state index contributed by atoms with van der Waals surface area (Å²) >= 11 is 0. The number of carboxylic acid groups (broad SMARTS) is 1. The van der Waals surface area contributed by atoms with Crippen LogP contribution in [-0.2, 0) is 11.3 Å². The SMILES string of the molecule is O=C(O)CCCCCCCCCCCCCCCCC[n+]1ccccc1. The number of unbranched alkanes of at least 4 members (excludes halogenated alkanes) is 14. The Bertz CT molecular complexity index is 433. The molecule has 26 heavy (non-hydrogen) atoms. The van der Waals surface area contributed by atoms with Crippen molar-refractivity contribution in [3.8, 4) is 0 Å². The number of carboxylic acids is 1. The molecule has 0 unspecified atom stereocenters. The van der Waals surface area contributed by atoms with Gasteiger partial charge in [0.2, 0.25) is 0 Å². The molecule has 3 nitrogen and oxygen atoms in total. The smallest absolute Gasteiger partial charge is 0.303 e. The van der Waals surface area contributed by atoms with Crippen LogP contribution in [0, 0.1) is 0 Å². The molecule has 0 spiro atoms. The molecule has 1 rings (SSSR count). The van der Waals surface area contributed by atoms with Crippen LogP contribution >= 0.6 is 0 Å². The van der Waals surface area contributed by atoms with Crippen molar-refractivity contribution >= 4 is 5.97 Å². The highest BCUT2D eigenvalue weighted by Crippen LogP contribution is 2.13. The van der Waals surface area contributed by atoms with Crippen LogP contribution in [0.3, 0.4) is 0 Å². The minimum atomic E-state index is -0.656. The molecule has 0 aromatic carbocycles. The normalized spacial score (nSPS) is 10.9. The molecule has 0 aliphatic heterocycles. The van der Waals surface area contributed by atoms with E-state index in [9.17, 15) is 4.79 Å². The van der Waals surface area contributed by atoms with E-state index in [1.54, 1.807) is 0 Å². The molecular formula is C23H40NO2+. The van der Waals surface area contributed by atoms with Gasteiger partial charge in [-0.2, -0.15) is 0 Å². The van der Waals surface area contributed by atoms with Crippen molar-refractivity contribution < 1.29 is 14.5 Å². The van der Waals surface area contributed by atoms with E-state index in [4.69, 9.17) is 5.11 Å². The van der Waals surface area contributed by atoms with Gasteiger partial charge < -0.3 is 5.11 Å². The Hall–Kier alpha value is -1.38. The standard InChI is InChI=1S/C23H39NO2/c25-23(26)19-15-12-10-8-6-4-2-1-3-5-7-9-11-13-16-20-24-21-17-14-18-22-24/h14,17-18,21-22H,1-13,15-16,19-20H2/p+1. The fourth-order valence-corrected chi connectivity index (χ4v) is 3.45. The fourth-order valence-electron chi connectivity index (χ4n) is 3.45. The average molecular weight is 363 g/mol. The molecule has 0 aliphatic rings. The Labute approximate surface area is 160 Å². The Kier molecular flexibility index (Phi) is 14.9. The second kappa shape index (κ2) is 17.1. The van der Waals surface area contributed by atoms with E-state index in [0.717, 1.165) is 19.4 Å². The Morgan fingerprint density at radius 3 is 1.38 bits per heavy atom. The van der Waals surface area contributed by atoms with Gasteiger partial charge in [-0.1, -0.05) is 83.1 Å². The minimum Gasteiger partial charge on any atom is -0.481 e. The van der Waals surface area contributed by atoms with E-state index in [1.165, 1.54) is 83.5 Å². The van der Waals surface area contributed by atoms with Gasteiger partial charge >= 0.3 is 5.97 Å². The van der Waals surface area contributed by atoms with Gasteiger partial charge in [-0.25, -0.2) is 4.57 Å². The van der Waals surface area contributed by atoms with Crippen molar-refractivity contribution in [2.24, 2.45) is 0 Å². The molecule has 0 saturated heterocycles. The number of hydrogen-bond acceptors (Lipinski definition) is 1. The molecule has 1 aromatic rings. The van der Waals surface area contributed by atoms with Crippen LogP contribution in [0.4, 0.5) is 0 Å². The Morgan fingerprint density at radius 2 is 0.962 bits per heavy atom. The van der Waals surface area contributed by atoms with Gasteiger partial charge in [0.25, 0.3) is 0 Å². The topological polar surface area (TPSA) is 41.2 Å². The van der Waals surface area contributed by atoms with E-state index in [-0.39, 0.29) is 0 Å². The van der Waals surface area contributed by atoms with Crippen molar-refractivity contribution in [1.29, 1.82) is 0 Å². The molecule has 0 atom stereocenters. The highest BCUT2D eigenvalue weighted by atomic mass is 16.4. The van der Waals surface area contributed by atoms with E-state index in [1.807, 2.05) is 0 Å². The first-order valence-corrected chi connectivity index (χ1v) is 10.9. The van der Waals surface area contributed by atoms with E-state index in [0.29, 0.717) is 6.42 Å². The first kappa shape index (κ1) is 22.7. The lowest BCUT2D eigenvalue weighted by molar-refractivity contribution is -0.697. The summed E-state index contributed by atoms with van der Waals surface area (Å²) in [6.07, 6.45) is 24.2. The van der Waals surface area contributed by atoms with Gasteiger partial charge in [0, 0.05) is 25.0 Å². The first-order valence-electron chi connectivity index (χ1n) is 10.9. The summed E-state index contributed by atoms with van der Waals surface area (Å²) in [6, 6.07) is 6.27. The van der Waals surface area contributed by atoms with Crippen molar-refractivity contribution in [2.45, 2.75) is 109 Å². The summed E-state index contributed by atoms with van der Waals surface area (Å²) in [5.41, 5.74) is 0. The molecule has 0 saturated carbocycles. The third-order valence-electron chi connectivity index (χ3n) is 5.08. The molecule has 0 radical (unpaired) electrons. The predicted octanol–water partition coefficient (Wildman–Crippen LogP) is 6.30. The quantitative estimate of drug-likeness (QED) is 0.246. The maximum absolute atomic E-state index is 10.4. The third-order valence-corrected chi connectivity index (χ3v) is 5.08. The van der Waals surface area contributed by atoms with Crippen LogP contribution in [0.25, 0.3) is 0 Å². The molecule has 0 bridgehead atoms. The summed E-state index contributed by atoms with van der Waals surface area (Å²) in [5, 5.41) is 8.57. The molecule has 1 heterocycles.